The van der Waals surface area contributed by atoms with Crippen molar-refractivity contribution >= 4 is 11.7 Å². The molecule has 0 spiro atoms. The molecule has 1 amide bonds. The number of ether oxygens (including phenoxy) is 1. The van der Waals surface area contributed by atoms with Gasteiger partial charge in [0.2, 0.25) is 0 Å². The topological polar surface area (TPSA) is 76.1 Å². The molecule has 6 nitrogen and oxygen atoms in total. The van der Waals surface area contributed by atoms with Crippen LogP contribution >= 0.6 is 0 Å². The molecule has 3 aromatic rings. The highest BCUT2D eigenvalue weighted by molar-refractivity contribution is 5.92. The number of hydrogen-bond donors (Lipinski definition) is 2. The summed E-state index contributed by atoms with van der Waals surface area (Å²) >= 11 is 0. The van der Waals surface area contributed by atoms with Gasteiger partial charge in [-0.2, -0.15) is 0 Å². The number of amides is 1. The summed E-state index contributed by atoms with van der Waals surface area (Å²) in [5.74, 6) is 0.824. The van der Waals surface area contributed by atoms with Crippen LogP contribution in [-0.4, -0.2) is 36.3 Å². The van der Waals surface area contributed by atoms with Crippen molar-refractivity contribution in [1.82, 2.24) is 15.5 Å². The lowest BCUT2D eigenvalue weighted by Gasteiger charge is -2.09. The lowest BCUT2D eigenvalue weighted by molar-refractivity contribution is 0.0948. The first kappa shape index (κ1) is 20.3. The van der Waals surface area contributed by atoms with Crippen molar-refractivity contribution < 1.29 is 13.9 Å². The molecule has 150 valence electrons. The lowest BCUT2D eigenvalue weighted by atomic mass is 10.1. The largest absolute Gasteiger partial charge is 0.496 e. The smallest absolute Gasteiger partial charge is 0.271 e. The third-order valence-corrected chi connectivity index (χ3v) is 4.43. The lowest BCUT2D eigenvalue weighted by Crippen LogP contribution is -2.27. The van der Waals surface area contributed by atoms with Gasteiger partial charge in [0.1, 0.15) is 17.4 Å². The van der Waals surface area contributed by atoms with E-state index in [0.29, 0.717) is 37.3 Å². The van der Waals surface area contributed by atoms with Gasteiger partial charge in [-0.3, -0.25) is 4.79 Å². The van der Waals surface area contributed by atoms with E-state index >= 15 is 0 Å². The van der Waals surface area contributed by atoms with Crippen molar-refractivity contribution in [3.05, 3.63) is 83.3 Å². The number of hydrogen-bond acceptors (Lipinski definition) is 5. The number of rotatable bonds is 9. The van der Waals surface area contributed by atoms with Crippen molar-refractivity contribution in [3.63, 3.8) is 0 Å². The summed E-state index contributed by atoms with van der Waals surface area (Å²) < 4.78 is 18.9. The van der Waals surface area contributed by atoms with Crippen LogP contribution in [0, 0.1) is 5.82 Å². The average Bonchev–Trinajstić information content (AvgIpc) is 2.76. The highest BCUT2D eigenvalue weighted by Gasteiger charge is 2.09. The van der Waals surface area contributed by atoms with E-state index in [-0.39, 0.29) is 17.4 Å². The number of aromatic nitrogens is 2. The minimum absolute atomic E-state index is 0.222. The van der Waals surface area contributed by atoms with E-state index in [0.717, 1.165) is 11.3 Å². The summed E-state index contributed by atoms with van der Waals surface area (Å²) in [6.07, 6.45) is 1.18. The number of para-hydroxylation sites is 1. The number of nitrogens with one attached hydrogen (secondary N) is 2. The number of carbonyl (C=O) groups is 1. The monoisotopic (exact) mass is 394 g/mol. The van der Waals surface area contributed by atoms with Gasteiger partial charge in [-0.25, -0.2) is 4.39 Å². The van der Waals surface area contributed by atoms with Crippen LogP contribution in [0.1, 0.15) is 21.6 Å². The highest BCUT2D eigenvalue weighted by atomic mass is 19.1. The Bertz CT molecular complexity index is 948. The van der Waals surface area contributed by atoms with Gasteiger partial charge >= 0.3 is 0 Å². The second kappa shape index (κ2) is 10.2. The van der Waals surface area contributed by atoms with Crippen LogP contribution in [0.15, 0.2) is 60.7 Å². The standard InChI is InChI=1S/C22H23FN4O2/c1-29-20-9-5-3-7-17(20)13-15-25-22(28)19-10-11-21(27-26-19)24-14-12-16-6-2-4-8-18(16)23/h2-11H,12-15H2,1H3,(H,24,27)(H,25,28). The van der Waals surface area contributed by atoms with Crippen molar-refractivity contribution in [2.75, 3.05) is 25.5 Å². The van der Waals surface area contributed by atoms with Gasteiger partial charge in [-0.05, 0) is 48.2 Å². The molecule has 0 aliphatic rings. The van der Waals surface area contributed by atoms with Gasteiger partial charge < -0.3 is 15.4 Å². The number of nitrogens with zero attached hydrogens (tertiary/aromatic N) is 2. The third kappa shape index (κ3) is 5.75. The maximum Gasteiger partial charge on any atom is 0.271 e. The van der Waals surface area contributed by atoms with Crippen LogP contribution in [0.5, 0.6) is 5.75 Å². The molecule has 0 saturated heterocycles. The predicted molar refractivity (Wildman–Crippen MR) is 110 cm³/mol. The van der Waals surface area contributed by atoms with Gasteiger partial charge in [-0.15, -0.1) is 10.2 Å². The summed E-state index contributed by atoms with van der Waals surface area (Å²) in [6, 6.07) is 17.6. The van der Waals surface area contributed by atoms with Crippen LogP contribution in [0.3, 0.4) is 0 Å². The molecule has 0 aliphatic heterocycles. The van der Waals surface area contributed by atoms with E-state index in [1.54, 1.807) is 37.4 Å². The molecule has 0 saturated carbocycles. The first-order valence-corrected chi connectivity index (χ1v) is 9.38. The van der Waals surface area contributed by atoms with E-state index in [9.17, 15) is 9.18 Å². The number of benzene rings is 2. The van der Waals surface area contributed by atoms with Crippen LogP contribution < -0.4 is 15.4 Å². The molecule has 2 N–H and O–H groups in total. The number of anilines is 1. The second-order valence-corrected chi connectivity index (χ2v) is 6.39. The van der Waals surface area contributed by atoms with E-state index in [2.05, 4.69) is 20.8 Å². The first-order valence-electron chi connectivity index (χ1n) is 9.38. The van der Waals surface area contributed by atoms with Crippen LogP contribution in [0.25, 0.3) is 0 Å². The van der Waals surface area contributed by atoms with E-state index in [1.807, 2.05) is 24.3 Å². The summed E-state index contributed by atoms with van der Waals surface area (Å²) in [7, 11) is 1.62. The van der Waals surface area contributed by atoms with E-state index in [4.69, 9.17) is 4.74 Å². The quantitative estimate of drug-likeness (QED) is 0.583. The van der Waals surface area contributed by atoms with Crippen LogP contribution in [0.4, 0.5) is 10.2 Å². The van der Waals surface area contributed by atoms with Crippen molar-refractivity contribution in [1.29, 1.82) is 0 Å². The van der Waals surface area contributed by atoms with Crippen molar-refractivity contribution in [2.45, 2.75) is 12.8 Å². The fraction of sp³-hybridized carbons (Fsp3) is 0.227. The normalized spacial score (nSPS) is 10.4. The molecule has 0 radical (unpaired) electrons. The highest BCUT2D eigenvalue weighted by Crippen LogP contribution is 2.17. The minimum atomic E-state index is -0.287. The fourth-order valence-electron chi connectivity index (χ4n) is 2.88. The molecular formula is C22H23FN4O2. The average molecular weight is 394 g/mol. The molecule has 0 bridgehead atoms. The molecule has 0 unspecified atom stereocenters. The number of halogens is 1. The Labute approximate surface area is 169 Å². The first-order chi connectivity index (χ1) is 14.2. The van der Waals surface area contributed by atoms with Crippen molar-refractivity contribution in [2.24, 2.45) is 0 Å². The zero-order valence-corrected chi connectivity index (χ0v) is 16.2. The fourth-order valence-corrected chi connectivity index (χ4v) is 2.88. The number of methoxy groups -OCH3 is 1. The SMILES string of the molecule is COc1ccccc1CCNC(=O)c1ccc(NCCc2ccccc2F)nn1. The summed E-state index contributed by atoms with van der Waals surface area (Å²) in [5.41, 5.74) is 1.90. The molecule has 0 atom stereocenters. The third-order valence-electron chi connectivity index (χ3n) is 4.43. The number of carbonyl (C=O) groups excluding carboxylic acids is 1. The molecule has 0 fully saturated rings. The van der Waals surface area contributed by atoms with E-state index in [1.165, 1.54) is 6.07 Å². The van der Waals surface area contributed by atoms with Crippen molar-refractivity contribution in [3.8, 4) is 5.75 Å². The minimum Gasteiger partial charge on any atom is -0.496 e. The summed E-state index contributed by atoms with van der Waals surface area (Å²) in [4.78, 5) is 12.2. The van der Waals surface area contributed by atoms with Crippen LogP contribution in [-0.2, 0) is 12.8 Å². The van der Waals surface area contributed by atoms with Crippen LogP contribution in [0.2, 0.25) is 0 Å². The predicted octanol–water partition coefficient (Wildman–Crippen LogP) is 3.25. The van der Waals surface area contributed by atoms with Gasteiger partial charge in [-0.1, -0.05) is 36.4 Å². The molecule has 0 aliphatic carbocycles. The molecule has 1 aromatic heterocycles. The van der Waals surface area contributed by atoms with Gasteiger partial charge in [0.15, 0.2) is 5.69 Å². The Kier molecular flexibility index (Phi) is 7.10. The molecule has 1 heterocycles. The summed E-state index contributed by atoms with van der Waals surface area (Å²) in [6.45, 7) is 0.976. The van der Waals surface area contributed by atoms with Gasteiger partial charge in [0, 0.05) is 13.1 Å². The molecule has 7 heteroatoms. The zero-order valence-electron chi connectivity index (χ0n) is 16.2. The molecular weight excluding hydrogens is 371 g/mol. The summed E-state index contributed by atoms with van der Waals surface area (Å²) in [5, 5.41) is 13.9. The van der Waals surface area contributed by atoms with Gasteiger partial charge in [0.25, 0.3) is 5.91 Å². The van der Waals surface area contributed by atoms with E-state index < -0.39 is 0 Å². The zero-order chi connectivity index (χ0) is 20.5. The maximum absolute atomic E-state index is 13.6. The Morgan fingerprint density at radius 1 is 0.931 bits per heavy atom. The Morgan fingerprint density at radius 2 is 1.66 bits per heavy atom. The Morgan fingerprint density at radius 3 is 2.38 bits per heavy atom. The molecule has 2 aromatic carbocycles. The molecule has 29 heavy (non-hydrogen) atoms. The second-order valence-electron chi connectivity index (χ2n) is 6.39. The Hall–Kier alpha value is -3.48. The van der Waals surface area contributed by atoms with Gasteiger partial charge in [0.05, 0.1) is 7.11 Å². The Balaban J connectivity index is 1.45. The maximum atomic E-state index is 13.6. The molecule has 3 rings (SSSR count).